The van der Waals surface area contributed by atoms with Crippen LogP contribution >= 0.6 is 11.8 Å². The molecule has 0 aliphatic carbocycles. The first-order chi connectivity index (χ1) is 16.6. The standard InChI is InChI=1S/C27H22FN3O2S/c28-22-10-12-23(13-11-22)31-26(33)24(16-19-6-2-1-3-7-19)29-27(31)34-18-25(32)30-15-14-20-8-4-5-9-21(20)17-30/h1-13,16H,14-15,17-18H2. The maximum atomic E-state index is 13.5. The van der Waals surface area contributed by atoms with Crippen LogP contribution in [0.15, 0.2) is 89.6 Å². The van der Waals surface area contributed by atoms with Crippen LogP contribution in [0.4, 0.5) is 10.1 Å². The SMILES string of the molecule is O=C(CSC1=NC(=Cc2ccccc2)C(=O)N1c1ccc(F)cc1)N1CCc2ccccc2C1. The summed E-state index contributed by atoms with van der Waals surface area (Å²) in [4.78, 5) is 34.1. The Bertz CT molecular complexity index is 1290. The summed E-state index contributed by atoms with van der Waals surface area (Å²) in [5.74, 6) is -0.543. The number of nitrogens with zero attached hydrogens (tertiary/aromatic N) is 3. The number of anilines is 1. The Morgan fingerprint density at radius 1 is 0.971 bits per heavy atom. The number of halogens is 1. The predicted molar refractivity (Wildman–Crippen MR) is 134 cm³/mol. The summed E-state index contributed by atoms with van der Waals surface area (Å²) in [6.07, 6.45) is 2.55. The van der Waals surface area contributed by atoms with Gasteiger partial charge in [0.15, 0.2) is 5.17 Å². The van der Waals surface area contributed by atoms with Crippen molar-refractivity contribution in [1.29, 1.82) is 0 Å². The third-order valence-electron chi connectivity index (χ3n) is 5.83. The number of aliphatic imine (C=N–C) groups is 1. The third-order valence-corrected chi connectivity index (χ3v) is 6.75. The van der Waals surface area contributed by atoms with Crippen LogP contribution in [-0.2, 0) is 22.6 Å². The summed E-state index contributed by atoms with van der Waals surface area (Å²) >= 11 is 1.22. The van der Waals surface area contributed by atoms with Crippen molar-refractivity contribution in [2.75, 3.05) is 17.2 Å². The van der Waals surface area contributed by atoms with Crippen molar-refractivity contribution < 1.29 is 14.0 Å². The molecule has 34 heavy (non-hydrogen) atoms. The first-order valence-corrected chi connectivity index (χ1v) is 12.0. The molecule has 2 aliphatic heterocycles. The zero-order valence-electron chi connectivity index (χ0n) is 18.4. The lowest BCUT2D eigenvalue weighted by Gasteiger charge is -2.29. The van der Waals surface area contributed by atoms with Gasteiger partial charge in [-0.05, 0) is 53.5 Å². The van der Waals surface area contributed by atoms with Gasteiger partial charge < -0.3 is 4.90 Å². The van der Waals surface area contributed by atoms with Gasteiger partial charge in [-0.1, -0.05) is 66.4 Å². The number of amidine groups is 1. The minimum atomic E-state index is -0.387. The zero-order chi connectivity index (χ0) is 23.5. The van der Waals surface area contributed by atoms with Crippen LogP contribution in [0.5, 0.6) is 0 Å². The number of hydrogen-bond acceptors (Lipinski definition) is 4. The highest BCUT2D eigenvalue weighted by Crippen LogP contribution is 2.30. The van der Waals surface area contributed by atoms with Crippen LogP contribution in [0.1, 0.15) is 16.7 Å². The smallest absolute Gasteiger partial charge is 0.283 e. The van der Waals surface area contributed by atoms with Gasteiger partial charge in [0.25, 0.3) is 5.91 Å². The van der Waals surface area contributed by atoms with Gasteiger partial charge in [0, 0.05) is 13.1 Å². The number of carbonyl (C=O) groups excluding carboxylic acids is 2. The van der Waals surface area contributed by atoms with E-state index in [1.807, 2.05) is 47.4 Å². The number of hydrogen-bond donors (Lipinski definition) is 0. The van der Waals surface area contributed by atoms with Crippen LogP contribution in [0.25, 0.3) is 6.08 Å². The molecule has 2 heterocycles. The molecule has 0 N–H and O–H groups in total. The lowest BCUT2D eigenvalue weighted by molar-refractivity contribution is -0.129. The maximum Gasteiger partial charge on any atom is 0.283 e. The lowest BCUT2D eigenvalue weighted by Crippen LogP contribution is -2.38. The molecule has 0 fully saturated rings. The van der Waals surface area contributed by atoms with Gasteiger partial charge >= 0.3 is 0 Å². The molecule has 2 amide bonds. The van der Waals surface area contributed by atoms with Crippen LogP contribution < -0.4 is 4.90 Å². The van der Waals surface area contributed by atoms with E-state index < -0.39 is 0 Å². The predicted octanol–water partition coefficient (Wildman–Crippen LogP) is 4.89. The van der Waals surface area contributed by atoms with Crippen LogP contribution in [0.3, 0.4) is 0 Å². The Balaban J connectivity index is 1.36. The first kappa shape index (κ1) is 22.1. The Hall–Kier alpha value is -3.71. The number of fused-ring (bicyclic) bond motifs is 1. The fraction of sp³-hybridized carbons (Fsp3) is 0.148. The summed E-state index contributed by atoms with van der Waals surface area (Å²) < 4.78 is 13.5. The van der Waals surface area contributed by atoms with Crippen molar-refractivity contribution in [1.82, 2.24) is 4.90 Å². The Labute approximate surface area is 201 Å². The van der Waals surface area contributed by atoms with E-state index in [2.05, 4.69) is 17.1 Å². The number of benzene rings is 3. The van der Waals surface area contributed by atoms with Crippen molar-refractivity contribution in [3.05, 3.63) is 107 Å². The summed E-state index contributed by atoms with van der Waals surface area (Å²) in [5, 5.41) is 0.407. The monoisotopic (exact) mass is 471 g/mol. The van der Waals surface area contributed by atoms with Crippen LogP contribution in [0, 0.1) is 5.82 Å². The van der Waals surface area contributed by atoms with Gasteiger partial charge in [0.05, 0.1) is 11.4 Å². The average Bonchev–Trinajstić information content (AvgIpc) is 3.18. The second kappa shape index (κ2) is 9.65. The van der Waals surface area contributed by atoms with Gasteiger partial charge in [-0.2, -0.15) is 0 Å². The van der Waals surface area contributed by atoms with Gasteiger partial charge in [-0.3, -0.25) is 14.5 Å². The van der Waals surface area contributed by atoms with E-state index in [1.54, 1.807) is 6.08 Å². The fourth-order valence-corrected chi connectivity index (χ4v) is 4.96. The molecule has 2 aliphatic rings. The van der Waals surface area contributed by atoms with Crippen molar-refractivity contribution in [2.24, 2.45) is 4.99 Å². The molecule has 0 radical (unpaired) electrons. The number of amides is 2. The molecule has 0 saturated heterocycles. The van der Waals surface area contributed by atoms with E-state index in [1.165, 1.54) is 52.1 Å². The number of thioether (sulfide) groups is 1. The molecule has 0 aromatic heterocycles. The first-order valence-electron chi connectivity index (χ1n) is 11.0. The van der Waals surface area contributed by atoms with E-state index in [0.29, 0.717) is 23.9 Å². The maximum absolute atomic E-state index is 13.5. The zero-order valence-corrected chi connectivity index (χ0v) is 19.2. The van der Waals surface area contributed by atoms with Crippen LogP contribution in [-0.4, -0.2) is 34.2 Å². The van der Waals surface area contributed by atoms with E-state index in [0.717, 1.165) is 12.0 Å². The van der Waals surface area contributed by atoms with Crippen molar-refractivity contribution in [3.8, 4) is 0 Å². The highest BCUT2D eigenvalue weighted by atomic mass is 32.2. The minimum absolute atomic E-state index is 0.00537. The Morgan fingerprint density at radius 2 is 1.68 bits per heavy atom. The largest absolute Gasteiger partial charge is 0.337 e. The fourth-order valence-electron chi connectivity index (χ4n) is 4.04. The number of carbonyl (C=O) groups is 2. The number of rotatable bonds is 4. The van der Waals surface area contributed by atoms with Crippen molar-refractivity contribution in [3.63, 3.8) is 0 Å². The average molecular weight is 472 g/mol. The molecular weight excluding hydrogens is 449 g/mol. The third kappa shape index (κ3) is 4.65. The second-order valence-corrected chi connectivity index (χ2v) is 9.02. The van der Waals surface area contributed by atoms with Crippen molar-refractivity contribution in [2.45, 2.75) is 13.0 Å². The normalized spacial score (nSPS) is 16.6. The Kier molecular flexibility index (Phi) is 6.27. The molecule has 0 atom stereocenters. The molecule has 3 aromatic rings. The van der Waals surface area contributed by atoms with E-state index >= 15 is 0 Å². The molecule has 5 rings (SSSR count). The van der Waals surface area contributed by atoms with Crippen LogP contribution in [0.2, 0.25) is 0 Å². The Morgan fingerprint density at radius 3 is 2.44 bits per heavy atom. The molecule has 3 aromatic carbocycles. The van der Waals surface area contributed by atoms with E-state index in [-0.39, 0.29) is 29.1 Å². The van der Waals surface area contributed by atoms with E-state index in [4.69, 9.17) is 0 Å². The summed E-state index contributed by atoms with van der Waals surface area (Å²) in [5.41, 5.74) is 4.08. The summed E-state index contributed by atoms with van der Waals surface area (Å²) in [7, 11) is 0. The van der Waals surface area contributed by atoms with Gasteiger partial charge in [0.2, 0.25) is 5.91 Å². The quantitative estimate of drug-likeness (QED) is 0.510. The molecule has 0 bridgehead atoms. The van der Waals surface area contributed by atoms with Crippen molar-refractivity contribution >= 4 is 40.5 Å². The summed E-state index contributed by atoms with van der Waals surface area (Å²) in [6, 6.07) is 23.3. The molecule has 0 saturated carbocycles. The minimum Gasteiger partial charge on any atom is -0.337 e. The topological polar surface area (TPSA) is 53.0 Å². The lowest BCUT2D eigenvalue weighted by atomic mass is 10.00. The summed E-state index contributed by atoms with van der Waals surface area (Å²) in [6.45, 7) is 1.25. The molecule has 0 spiro atoms. The highest BCUT2D eigenvalue weighted by molar-refractivity contribution is 8.14. The molecule has 5 nitrogen and oxygen atoms in total. The molecule has 170 valence electrons. The van der Waals surface area contributed by atoms with Gasteiger partial charge in [-0.15, -0.1) is 0 Å². The highest BCUT2D eigenvalue weighted by Gasteiger charge is 2.33. The van der Waals surface area contributed by atoms with Gasteiger partial charge in [0.1, 0.15) is 11.5 Å². The molecule has 7 heteroatoms. The van der Waals surface area contributed by atoms with Gasteiger partial charge in [-0.25, -0.2) is 9.38 Å². The van der Waals surface area contributed by atoms with E-state index in [9.17, 15) is 14.0 Å². The second-order valence-electron chi connectivity index (χ2n) is 8.07. The molecular formula is C27H22FN3O2S. The molecule has 0 unspecified atom stereocenters.